The van der Waals surface area contributed by atoms with Crippen LogP contribution in [0, 0.1) is 17.0 Å². The number of nitrogens with zero attached hydrogens (tertiary/aromatic N) is 2. The lowest BCUT2D eigenvalue weighted by atomic mass is 10.1. The van der Waals surface area contributed by atoms with Gasteiger partial charge in [-0.05, 0) is 34.8 Å². The third-order valence-corrected chi connectivity index (χ3v) is 4.74. The van der Waals surface area contributed by atoms with Crippen molar-refractivity contribution in [1.82, 2.24) is 4.98 Å². The molecule has 2 aromatic rings. The summed E-state index contributed by atoms with van der Waals surface area (Å²) in [7, 11) is 0. The Morgan fingerprint density at radius 1 is 1.38 bits per heavy atom. The standard InChI is InChI=1S/C15H14BrN3O2/c1-9-13(19(20)21)8-17-15(14(9)16)18-12-7-11(12)10-5-3-2-4-6-10/h2-6,8,11-12H,7H2,1H3,(H,17,18). The van der Waals surface area contributed by atoms with Crippen molar-refractivity contribution >= 4 is 27.4 Å². The van der Waals surface area contributed by atoms with Crippen LogP contribution in [0.25, 0.3) is 0 Å². The highest BCUT2D eigenvalue weighted by atomic mass is 79.9. The van der Waals surface area contributed by atoms with Crippen LogP contribution in [-0.2, 0) is 0 Å². The van der Waals surface area contributed by atoms with Crippen molar-refractivity contribution in [1.29, 1.82) is 0 Å². The van der Waals surface area contributed by atoms with E-state index in [-0.39, 0.29) is 5.69 Å². The minimum atomic E-state index is -0.416. The summed E-state index contributed by atoms with van der Waals surface area (Å²) in [6, 6.07) is 10.7. The summed E-state index contributed by atoms with van der Waals surface area (Å²) in [5.41, 5.74) is 1.93. The van der Waals surface area contributed by atoms with Gasteiger partial charge in [0.25, 0.3) is 5.69 Å². The van der Waals surface area contributed by atoms with Gasteiger partial charge < -0.3 is 5.32 Å². The van der Waals surface area contributed by atoms with E-state index in [1.165, 1.54) is 11.8 Å². The van der Waals surface area contributed by atoms with Gasteiger partial charge in [-0.3, -0.25) is 10.1 Å². The lowest BCUT2D eigenvalue weighted by Crippen LogP contribution is -2.08. The molecule has 1 heterocycles. The highest BCUT2D eigenvalue weighted by Gasteiger charge is 2.39. The van der Waals surface area contributed by atoms with Crippen molar-refractivity contribution in [3.63, 3.8) is 0 Å². The SMILES string of the molecule is Cc1c([N+](=O)[O-])cnc(NC2CC2c2ccccc2)c1Br. The van der Waals surface area contributed by atoms with Crippen LogP contribution in [0.2, 0.25) is 0 Å². The van der Waals surface area contributed by atoms with Crippen molar-refractivity contribution in [2.45, 2.75) is 25.3 Å². The molecule has 1 aromatic heterocycles. The number of nitrogens with one attached hydrogen (secondary N) is 1. The van der Waals surface area contributed by atoms with E-state index in [0.717, 1.165) is 6.42 Å². The lowest BCUT2D eigenvalue weighted by molar-refractivity contribution is -0.385. The van der Waals surface area contributed by atoms with Gasteiger partial charge in [0, 0.05) is 17.5 Å². The van der Waals surface area contributed by atoms with Crippen LogP contribution in [-0.4, -0.2) is 15.9 Å². The molecule has 1 aliphatic carbocycles. The number of benzene rings is 1. The zero-order valence-electron chi connectivity index (χ0n) is 11.4. The summed E-state index contributed by atoms with van der Waals surface area (Å²) in [4.78, 5) is 14.6. The summed E-state index contributed by atoms with van der Waals surface area (Å²) in [6.07, 6.45) is 2.36. The Labute approximate surface area is 130 Å². The molecule has 108 valence electrons. The van der Waals surface area contributed by atoms with Crippen LogP contribution in [0.15, 0.2) is 41.0 Å². The summed E-state index contributed by atoms with van der Waals surface area (Å²) in [5.74, 6) is 1.15. The van der Waals surface area contributed by atoms with Crippen LogP contribution in [0.1, 0.15) is 23.5 Å². The zero-order chi connectivity index (χ0) is 15.0. The van der Waals surface area contributed by atoms with E-state index < -0.39 is 4.92 Å². The van der Waals surface area contributed by atoms with Crippen molar-refractivity contribution in [2.75, 3.05) is 5.32 Å². The second kappa shape index (κ2) is 5.44. The van der Waals surface area contributed by atoms with Gasteiger partial charge in [-0.2, -0.15) is 0 Å². The third kappa shape index (κ3) is 2.76. The summed E-state index contributed by atoms with van der Waals surface area (Å²) < 4.78 is 0.662. The molecule has 1 aliphatic rings. The number of hydrogen-bond acceptors (Lipinski definition) is 4. The topological polar surface area (TPSA) is 68.1 Å². The summed E-state index contributed by atoms with van der Waals surface area (Å²) in [6.45, 7) is 1.72. The molecule has 0 saturated heterocycles. The quantitative estimate of drug-likeness (QED) is 0.669. The Morgan fingerprint density at radius 2 is 2.10 bits per heavy atom. The van der Waals surface area contributed by atoms with Crippen LogP contribution in [0.3, 0.4) is 0 Å². The molecule has 0 radical (unpaired) electrons. The van der Waals surface area contributed by atoms with Crippen molar-refractivity contribution in [3.8, 4) is 0 Å². The molecule has 6 heteroatoms. The number of pyridine rings is 1. The van der Waals surface area contributed by atoms with Crippen LogP contribution in [0.4, 0.5) is 11.5 Å². The van der Waals surface area contributed by atoms with E-state index in [4.69, 9.17) is 0 Å². The van der Waals surface area contributed by atoms with Crippen LogP contribution >= 0.6 is 15.9 Å². The molecule has 1 fully saturated rings. The van der Waals surface area contributed by atoms with Gasteiger partial charge >= 0.3 is 0 Å². The number of hydrogen-bond donors (Lipinski definition) is 1. The Hall–Kier alpha value is -1.95. The molecule has 2 atom stereocenters. The van der Waals surface area contributed by atoms with E-state index in [2.05, 4.69) is 38.4 Å². The predicted octanol–water partition coefficient (Wildman–Crippen LogP) is 4.03. The Morgan fingerprint density at radius 3 is 2.76 bits per heavy atom. The van der Waals surface area contributed by atoms with Crippen molar-refractivity contribution < 1.29 is 4.92 Å². The fourth-order valence-electron chi connectivity index (χ4n) is 2.45. The number of nitro groups is 1. The maximum absolute atomic E-state index is 10.9. The molecule has 1 N–H and O–H groups in total. The molecule has 1 saturated carbocycles. The van der Waals surface area contributed by atoms with Gasteiger partial charge in [0.1, 0.15) is 12.0 Å². The molecular formula is C15H14BrN3O2. The van der Waals surface area contributed by atoms with E-state index in [1.807, 2.05) is 18.2 Å². The molecule has 0 bridgehead atoms. The van der Waals surface area contributed by atoms with Gasteiger partial charge in [-0.1, -0.05) is 30.3 Å². The van der Waals surface area contributed by atoms with Gasteiger partial charge in [0.05, 0.1) is 9.40 Å². The van der Waals surface area contributed by atoms with Gasteiger partial charge in [-0.25, -0.2) is 4.98 Å². The van der Waals surface area contributed by atoms with E-state index in [9.17, 15) is 10.1 Å². The summed E-state index contributed by atoms with van der Waals surface area (Å²) in [5, 5.41) is 14.2. The molecule has 0 aliphatic heterocycles. The first kappa shape index (κ1) is 14.0. The summed E-state index contributed by atoms with van der Waals surface area (Å²) >= 11 is 3.40. The average molecular weight is 348 g/mol. The van der Waals surface area contributed by atoms with Crippen LogP contribution in [0.5, 0.6) is 0 Å². The number of aromatic nitrogens is 1. The lowest BCUT2D eigenvalue weighted by Gasteiger charge is -2.09. The molecule has 21 heavy (non-hydrogen) atoms. The third-order valence-electron chi connectivity index (χ3n) is 3.77. The molecule has 3 rings (SSSR count). The van der Waals surface area contributed by atoms with Gasteiger partial charge in [-0.15, -0.1) is 0 Å². The highest BCUT2D eigenvalue weighted by Crippen LogP contribution is 2.43. The molecule has 5 nitrogen and oxygen atoms in total. The largest absolute Gasteiger partial charge is 0.366 e. The van der Waals surface area contributed by atoms with Gasteiger partial charge in [0.15, 0.2) is 0 Å². The first-order valence-electron chi connectivity index (χ1n) is 6.69. The first-order valence-corrected chi connectivity index (χ1v) is 7.48. The van der Waals surface area contributed by atoms with E-state index in [0.29, 0.717) is 27.8 Å². The Balaban J connectivity index is 1.76. The minimum absolute atomic E-state index is 0.0304. The molecular weight excluding hydrogens is 334 g/mol. The number of halogens is 1. The predicted molar refractivity (Wildman–Crippen MR) is 84.5 cm³/mol. The molecule has 1 aromatic carbocycles. The number of anilines is 1. The van der Waals surface area contributed by atoms with Crippen LogP contribution < -0.4 is 5.32 Å². The maximum atomic E-state index is 10.9. The highest BCUT2D eigenvalue weighted by molar-refractivity contribution is 9.10. The monoisotopic (exact) mass is 347 g/mol. The Kier molecular flexibility index (Phi) is 3.63. The second-order valence-electron chi connectivity index (χ2n) is 5.19. The molecule has 2 unspecified atom stereocenters. The van der Waals surface area contributed by atoms with E-state index in [1.54, 1.807) is 6.92 Å². The average Bonchev–Trinajstić information content (AvgIpc) is 3.24. The van der Waals surface area contributed by atoms with Crippen molar-refractivity contribution in [2.24, 2.45) is 0 Å². The second-order valence-corrected chi connectivity index (χ2v) is 5.98. The fourth-order valence-corrected chi connectivity index (χ4v) is 2.87. The van der Waals surface area contributed by atoms with E-state index >= 15 is 0 Å². The smallest absolute Gasteiger partial charge is 0.291 e. The molecule has 0 amide bonds. The zero-order valence-corrected chi connectivity index (χ0v) is 13.0. The Bertz CT molecular complexity index is 691. The first-order chi connectivity index (χ1) is 10.1. The minimum Gasteiger partial charge on any atom is -0.366 e. The van der Waals surface area contributed by atoms with Gasteiger partial charge in [0.2, 0.25) is 0 Å². The van der Waals surface area contributed by atoms with Crippen molar-refractivity contribution in [3.05, 3.63) is 62.2 Å². The fraction of sp³-hybridized carbons (Fsp3) is 0.267. The maximum Gasteiger partial charge on any atom is 0.291 e. The normalized spacial score (nSPS) is 20.1. The number of rotatable bonds is 4. The molecule has 0 spiro atoms.